The van der Waals surface area contributed by atoms with Crippen molar-refractivity contribution in [1.29, 1.82) is 0 Å². The van der Waals surface area contributed by atoms with Gasteiger partial charge in [-0.1, -0.05) is 23.7 Å². The fourth-order valence-electron chi connectivity index (χ4n) is 3.12. The van der Waals surface area contributed by atoms with E-state index in [2.05, 4.69) is 9.98 Å². The maximum absolute atomic E-state index is 13.7. The minimum absolute atomic E-state index is 0.0485. The molecule has 2 aliphatic rings. The van der Waals surface area contributed by atoms with Crippen LogP contribution >= 0.6 is 11.6 Å². The number of amidine groups is 2. The Labute approximate surface area is 180 Å². The third kappa shape index (κ3) is 4.53. The van der Waals surface area contributed by atoms with Crippen LogP contribution in [0, 0.1) is 23.3 Å². The molecule has 2 aromatic carbocycles. The SMILES string of the molecule is CC1(c2cccc(Cl)c2F)COC(N)=N1.C[C@]1(c2cc(F)c(F)c(F)c2)COC(N)=N1. The maximum Gasteiger partial charge on any atom is 0.283 e. The van der Waals surface area contributed by atoms with E-state index in [0.29, 0.717) is 5.56 Å². The van der Waals surface area contributed by atoms with Gasteiger partial charge in [0.15, 0.2) is 17.5 Å². The minimum Gasteiger partial charge on any atom is -0.462 e. The topological polar surface area (TPSA) is 95.2 Å². The van der Waals surface area contributed by atoms with E-state index in [-0.39, 0.29) is 35.8 Å². The van der Waals surface area contributed by atoms with E-state index in [4.69, 9.17) is 32.5 Å². The molecule has 0 radical (unpaired) electrons. The van der Waals surface area contributed by atoms with Crippen LogP contribution in [0.15, 0.2) is 40.3 Å². The number of hydrogen-bond donors (Lipinski definition) is 2. The summed E-state index contributed by atoms with van der Waals surface area (Å²) in [6.07, 6.45) is 0. The predicted molar refractivity (Wildman–Crippen MR) is 108 cm³/mol. The summed E-state index contributed by atoms with van der Waals surface area (Å²) in [4.78, 5) is 7.99. The van der Waals surface area contributed by atoms with Gasteiger partial charge in [0.1, 0.15) is 30.1 Å². The van der Waals surface area contributed by atoms with E-state index in [1.807, 2.05) is 0 Å². The van der Waals surface area contributed by atoms with Crippen molar-refractivity contribution in [2.45, 2.75) is 24.9 Å². The Hall–Kier alpha value is -3.01. The molecule has 0 saturated carbocycles. The number of benzene rings is 2. The zero-order chi connectivity index (χ0) is 23.0. The first-order valence-electron chi connectivity index (χ1n) is 9.01. The average Bonchev–Trinajstić information content (AvgIpc) is 3.24. The number of hydrogen-bond acceptors (Lipinski definition) is 6. The van der Waals surface area contributed by atoms with Crippen molar-refractivity contribution in [2.75, 3.05) is 13.2 Å². The lowest BCUT2D eigenvalue weighted by Crippen LogP contribution is -2.22. The van der Waals surface area contributed by atoms with Crippen molar-refractivity contribution >= 4 is 23.6 Å². The first-order chi connectivity index (χ1) is 14.4. The van der Waals surface area contributed by atoms with E-state index in [1.54, 1.807) is 26.0 Å². The maximum atomic E-state index is 13.7. The number of ether oxygens (including phenoxy) is 2. The summed E-state index contributed by atoms with van der Waals surface area (Å²) in [5, 5.41) is 0.0781. The Balaban J connectivity index is 0.000000176. The van der Waals surface area contributed by atoms with Crippen LogP contribution in [-0.2, 0) is 20.6 Å². The largest absolute Gasteiger partial charge is 0.462 e. The van der Waals surface area contributed by atoms with Gasteiger partial charge in [-0.25, -0.2) is 27.5 Å². The van der Waals surface area contributed by atoms with Crippen LogP contribution in [0.1, 0.15) is 25.0 Å². The fourth-order valence-corrected chi connectivity index (χ4v) is 3.29. The smallest absolute Gasteiger partial charge is 0.283 e. The van der Waals surface area contributed by atoms with Crippen molar-refractivity contribution in [2.24, 2.45) is 21.5 Å². The van der Waals surface area contributed by atoms with E-state index >= 15 is 0 Å². The van der Waals surface area contributed by atoms with Crippen molar-refractivity contribution in [1.82, 2.24) is 0 Å². The van der Waals surface area contributed by atoms with E-state index < -0.39 is 34.3 Å². The van der Waals surface area contributed by atoms with E-state index in [0.717, 1.165) is 12.1 Å². The third-order valence-electron chi connectivity index (χ3n) is 4.85. The van der Waals surface area contributed by atoms with Crippen LogP contribution in [0.25, 0.3) is 0 Å². The molecule has 4 rings (SSSR count). The van der Waals surface area contributed by atoms with Crippen molar-refractivity contribution in [3.63, 3.8) is 0 Å². The van der Waals surface area contributed by atoms with Crippen molar-refractivity contribution in [3.05, 3.63) is 69.8 Å². The highest BCUT2D eigenvalue weighted by molar-refractivity contribution is 6.30. The number of nitrogens with two attached hydrogens (primary N) is 2. The zero-order valence-electron chi connectivity index (χ0n) is 16.6. The molecule has 0 amide bonds. The number of rotatable bonds is 2. The minimum atomic E-state index is -1.50. The molecule has 0 aromatic heterocycles. The Morgan fingerprint density at radius 1 is 0.871 bits per heavy atom. The molecule has 2 atom stereocenters. The number of aliphatic imine (C=N–C) groups is 2. The molecule has 166 valence electrons. The summed E-state index contributed by atoms with van der Waals surface area (Å²) in [6.45, 7) is 3.65. The third-order valence-corrected chi connectivity index (χ3v) is 5.15. The molecule has 0 spiro atoms. The van der Waals surface area contributed by atoms with Gasteiger partial charge >= 0.3 is 0 Å². The van der Waals surface area contributed by atoms with Gasteiger partial charge in [0.25, 0.3) is 12.0 Å². The second-order valence-corrected chi connectivity index (χ2v) is 7.79. The highest BCUT2D eigenvalue weighted by Gasteiger charge is 2.36. The summed E-state index contributed by atoms with van der Waals surface area (Å²) in [5.74, 6) is -4.47. The van der Waals surface area contributed by atoms with Gasteiger partial charge in [-0.3, -0.25) is 0 Å². The summed E-state index contributed by atoms with van der Waals surface area (Å²) in [7, 11) is 0. The highest BCUT2D eigenvalue weighted by Crippen LogP contribution is 2.34. The second-order valence-electron chi connectivity index (χ2n) is 7.38. The van der Waals surface area contributed by atoms with Crippen LogP contribution in [0.3, 0.4) is 0 Å². The molecular weight excluding hydrogens is 440 g/mol. The lowest BCUT2D eigenvalue weighted by Gasteiger charge is -2.19. The molecule has 0 saturated heterocycles. The molecule has 0 bridgehead atoms. The quantitative estimate of drug-likeness (QED) is 0.530. The Bertz CT molecular complexity index is 1060. The molecule has 2 aliphatic heterocycles. The van der Waals surface area contributed by atoms with E-state index in [1.165, 1.54) is 6.07 Å². The van der Waals surface area contributed by atoms with Crippen LogP contribution in [0.5, 0.6) is 0 Å². The second kappa shape index (κ2) is 8.26. The van der Waals surface area contributed by atoms with Crippen LogP contribution in [0.2, 0.25) is 5.02 Å². The van der Waals surface area contributed by atoms with Gasteiger partial charge < -0.3 is 20.9 Å². The van der Waals surface area contributed by atoms with Gasteiger partial charge in [0.2, 0.25) is 0 Å². The molecule has 4 N–H and O–H groups in total. The van der Waals surface area contributed by atoms with Crippen molar-refractivity contribution < 1.29 is 27.0 Å². The molecular formula is C20H19ClF4N4O2. The molecule has 2 heterocycles. The normalized spacial score (nSPS) is 24.5. The molecule has 11 heteroatoms. The molecule has 31 heavy (non-hydrogen) atoms. The summed E-state index contributed by atoms with van der Waals surface area (Å²) in [5.41, 5.74) is 9.56. The van der Waals surface area contributed by atoms with Gasteiger partial charge in [-0.15, -0.1) is 0 Å². The summed E-state index contributed by atoms with van der Waals surface area (Å²) < 4.78 is 62.5. The Morgan fingerprint density at radius 3 is 1.87 bits per heavy atom. The van der Waals surface area contributed by atoms with Gasteiger partial charge in [0.05, 0.1) is 5.02 Å². The standard InChI is InChI=1S/C10H10ClFN2O.C10H9F3N2O/c1-10(5-15-9(13)14-10)6-3-2-4-7(11)8(6)12;1-10(4-16-9(14)15-10)5-2-6(11)8(13)7(12)3-5/h2-4H,5H2,1H3,(H2,13,14);2-3H,4H2,1H3,(H2,14,15)/t;10-/m.1/s1. The summed E-state index contributed by atoms with van der Waals surface area (Å²) >= 11 is 5.70. The summed E-state index contributed by atoms with van der Waals surface area (Å²) in [6, 6.07) is 6.62. The number of halogens is 5. The fraction of sp³-hybridized carbons (Fsp3) is 0.300. The average molecular weight is 459 g/mol. The molecule has 0 fully saturated rings. The predicted octanol–water partition coefficient (Wildman–Crippen LogP) is 3.70. The van der Waals surface area contributed by atoms with Crippen LogP contribution < -0.4 is 11.5 Å². The molecule has 6 nitrogen and oxygen atoms in total. The van der Waals surface area contributed by atoms with Gasteiger partial charge in [0, 0.05) is 5.56 Å². The molecule has 0 aliphatic carbocycles. The van der Waals surface area contributed by atoms with Gasteiger partial charge in [-0.05, 0) is 37.6 Å². The zero-order valence-corrected chi connectivity index (χ0v) is 17.3. The highest BCUT2D eigenvalue weighted by atomic mass is 35.5. The first kappa shape index (κ1) is 22.7. The Morgan fingerprint density at radius 2 is 1.39 bits per heavy atom. The van der Waals surface area contributed by atoms with Crippen LogP contribution in [-0.4, -0.2) is 25.3 Å². The van der Waals surface area contributed by atoms with Crippen molar-refractivity contribution in [3.8, 4) is 0 Å². The van der Waals surface area contributed by atoms with Crippen LogP contribution in [0.4, 0.5) is 17.6 Å². The lowest BCUT2D eigenvalue weighted by atomic mass is 9.94. The first-order valence-corrected chi connectivity index (χ1v) is 9.39. The van der Waals surface area contributed by atoms with Gasteiger partial charge in [-0.2, -0.15) is 0 Å². The Kier molecular flexibility index (Phi) is 6.04. The molecule has 1 unspecified atom stereocenters. The monoisotopic (exact) mass is 458 g/mol. The molecule has 2 aromatic rings. The van der Waals surface area contributed by atoms with E-state index in [9.17, 15) is 17.6 Å². The lowest BCUT2D eigenvalue weighted by molar-refractivity contribution is 0.262. The number of nitrogens with zero attached hydrogens (tertiary/aromatic N) is 2.